The average Bonchev–Trinajstić information content (AvgIpc) is 2.95. The lowest BCUT2D eigenvalue weighted by Gasteiger charge is -2.14. The van der Waals surface area contributed by atoms with Gasteiger partial charge in [-0.2, -0.15) is 0 Å². The van der Waals surface area contributed by atoms with E-state index in [9.17, 15) is 9.59 Å². The molecule has 116 valence electrons. The van der Waals surface area contributed by atoms with Gasteiger partial charge in [0.1, 0.15) is 5.69 Å². The quantitative estimate of drug-likeness (QED) is 0.852. The van der Waals surface area contributed by atoms with Gasteiger partial charge in [0.15, 0.2) is 0 Å². The number of carbonyl (C=O) groups is 2. The van der Waals surface area contributed by atoms with E-state index in [0.29, 0.717) is 25.1 Å². The number of carbonyl (C=O) groups excluding carboxylic acids is 1. The third kappa shape index (κ3) is 4.66. The summed E-state index contributed by atoms with van der Waals surface area (Å²) in [6, 6.07) is 9.98. The highest BCUT2D eigenvalue weighted by Gasteiger charge is 2.15. The minimum Gasteiger partial charge on any atom is -0.481 e. The fraction of sp³-hybridized carbons (Fsp3) is 0.312. The number of benzene rings is 1. The molecule has 1 heterocycles. The molecule has 0 saturated heterocycles. The van der Waals surface area contributed by atoms with E-state index in [1.54, 1.807) is 12.4 Å². The van der Waals surface area contributed by atoms with Crippen molar-refractivity contribution in [3.8, 4) is 0 Å². The number of thiazole rings is 1. The van der Waals surface area contributed by atoms with Gasteiger partial charge in [0.25, 0.3) is 5.91 Å². The molecule has 0 aliphatic rings. The van der Waals surface area contributed by atoms with Crippen LogP contribution in [0, 0.1) is 0 Å². The van der Waals surface area contributed by atoms with E-state index >= 15 is 0 Å². The summed E-state index contributed by atoms with van der Waals surface area (Å²) < 4.78 is 0. The maximum atomic E-state index is 12.2. The van der Waals surface area contributed by atoms with Crippen LogP contribution in [-0.2, 0) is 11.2 Å². The van der Waals surface area contributed by atoms with Crippen LogP contribution in [0.15, 0.2) is 35.7 Å². The monoisotopic (exact) mass is 318 g/mol. The average molecular weight is 318 g/mol. The zero-order chi connectivity index (χ0) is 15.9. The van der Waals surface area contributed by atoms with E-state index in [1.165, 1.54) is 16.2 Å². The van der Waals surface area contributed by atoms with Crippen LogP contribution in [0.1, 0.15) is 33.9 Å². The summed E-state index contributed by atoms with van der Waals surface area (Å²) >= 11 is 1.47. The molecule has 0 saturated carbocycles. The van der Waals surface area contributed by atoms with Gasteiger partial charge in [-0.15, -0.1) is 11.3 Å². The van der Waals surface area contributed by atoms with Crippen molar-refractivity contribution in [3.63, 3.8) is 0 Å². The molecule has 6 heteroatoms. The van der Waals surface area contributed by atoms with Crippen molar-refractivity contribution >= 4 is 23.2 Å². The highest BCUT2D eigenvalue weighted by Crippen LogP contribution is 2.16. The van der Waals surface area contributed by atoms with Crippen molar-refractivity contribution in [2.24, 2.45) is 0 Å². The van der Waals surface area contributed by atoms with Gasteiger partial charge in [-0.1, -0.05) is 30.3 Å². The second kappa shape index (κ2) is 7.70. The first-order valence-electron chi connectivity index (χ1n) is 7.02. The molecule has 0 aliphatic carbocycles. The zero-order valence-corrected chi connectivity index (χ0v) is 13.2. The SMILES string of the molecule is CN(CCCC(=O)O)C(=O)c1csc(Cc2ccccc2)n1. The zero-order valence-electron chi connectivity index (χ0n) is 12.4. The summed E-state index contributed by atoms with van der Waals surface area (Å²) in [4.78, 5) is 28.6. The fourth-order valence-electron chi connectivity index (χ4n) is 2.03. The maximum absolute atomic E-state index is 12.2. The molecular formula is C16H18N2O3S. The lowest BCUT2D eigenvalue weighted by molar-refractivity contribution is -0.137. The van der Waals surface area contributed by atoms with E-state index in [2.05, 4.69) is 4.98 Å². The predicted molar refractivity (Wildman–Crippen MR) is 85.2 cm³/mol. The molecular weight excluding hydrogens is 300 g/mol. The van der Waals surface area contributed by atoms with Gasteiger partial charge in [-0.3, -0.25) is 9.59 Å². The third-order valence-corrected chi connectivity index (χ3v) is 4.05. The van der Waals surface area contributed by atoms with Crippen molar-refractivity contribution < 1.29 is 14.7 Å². The van der Waals surface area contributed by atoms with E-state index in [4.69, 9.17) is 5.11 Å². The van der Waals surface area contributed by atoms with E-state index in [-0.39, 0.29) is 12.3 Å². The number of hydrogen-bond acceptors (Lipinski definition) is 4. The Bertz CT molecular complexity index is 640. The molecule has 0 fully saturated rings. The second-order valence-corrected chi connectivity index (χ2v) is 5.96. The van der Waals surface area contributed by atoms with Crippen LogP contribution in [0.25, 0.3) is 0 Å². The topological polar surface area (TPSA) is 70.5 Å². The molecule has 2 aromatic rings. The number of hydrogen-bond donors (Lipinski definition) is 1. The van der Waals surface area contributed by atoms with Crippen molar-refractivity contribution in [2.75, 3.05) is 13.6 Å². The summed E-state index contributed by atoms with van der Waals surface area (Å²) in [5.74, 6) is -1.01. The van der Waals surface area contributed by atoms with Gasteiger partial charge in [0.2, 0.25) is 0 Å². The number of nitrogens with zero attached hydrogens (tertiary/aromatic N) is 2. The minimum absolute atomic E-state index is 0.0634. The van der Waals surface area contributed by atoms with Crippen LogP contribution in [0.4, 0.5) is 0 Å². The van der Waals surface area contributed by atoms with Gasteiger partial charge in [0, 0.05) is 31.8 Å². The van der Waals surface area contributed by atoms with Crippen molar-refractivity contribution in [2.45, 2.75) is 19.3 Å². The summed E-state index contributed by atoms with van der Waals surface area (Å²) in [5, 5.41) is 11.3. The lowest BCUT2D eigenvalue weighted by atomic mass is 10.2. The molecule has 1 amide bonds. The van der Waals surface area contributed by atoms with E-state index < -0.39 is 5.97 Å². The van der Waals surface area contributed by atoms with Gasteiger partial charge in [0.05, 0.1) is 5.01 Å². The lowest BCUT2D eigenvalue weighted by Crippen LogP contribution is -2.28. The molecule has 22 heavy (non-hydrogen) atoms. The number of rotatable bonds is 7. The molecule has 0 unspecified atom stereocenters. The number of amides is 1. The first-order chi connectivity index (χ1) is 10.6. The van der Waals surface area contributed by atoms with Gasteiger partial charge in [-0.05, 0) is 12.0 Å². The Morgan fingerprint density at radius 2 is 2.00 bits per heavy atom. The number of aliphatic carboxylic acids is 1. The Morgan fingerprint density at radius 1 is 1.27 bits per heavy atom. The predicted octanol–water partition coefficient (Wildman–Crippen LogP) is 2.67. The highest BCUT2D eigenvalue weighted by atomic mass is 32.1. The molecule has 0 atom stereocenters. The summed E-state index contributed by atoms with van der Waals surface area (Å²) in [7, 11) is 1.67. The molecule has 1 aromatic heterocycles. The van der Waals surface area contributed by atoms with Crippen LogP contribution in [0.5, 0.6) is 0 Å². The fourth-order valence-corrected chi connectivity index (χ4v) is 2.83. The number of carboxylic acids is 1. The number of aromatic nitrogens is 1. The molecule has 0 aliphatic heterocycles. The summed E-state index contributed by atoms with van der Waals surface area (Å²) in [6.45, 7) is 0.413. The van der Waals surface area contributed by atoms with Crippen LogP contribution >= 0.6 is 11.3 Å². The van der Waals surface area contributed by atoms with E-state index in [0.717, 1.165) is 10.6 Å². The molecule has 0 spiro atoms. The van der Waals surface area contributed by atoms with Gasteiger partial charge < -0.3 is 10.0 Å². The van der Waals surface area contributed by atoms with E-state index in [1.807, 2.05) is 30.3 Å². The van der Waals surface area contributed by atoms with Crippen molar-refractivity contribution in [3.05, 3.63) is 52.0 Å². The van der Waals surface area contributed by atoms with Crippen molar-refractivity contribution in [1.82, 2.24) is 9.88 Å². The molecule has 0 bridgehead atoms. The Labute approximate surface area is 133 Å². The molecule has 1 aromatic carbocycles. The van der Waals surface area contributed by atoms with Crippen LogP contribution in [0.3, 0.4) is 0 Å². The summed E-state index contributed by atoms with van der Waals surface area (Å²) in [5.41, 5.74) is 1.58. The highest BCUT2D eigenvalue weighted by molar-refractivity contribution is 7.09. The smallest absolute Gasteiger partial charge is 0.303 e. The Kier molecular flexibility index (Phi) is 5.66. The molecule has 5 nitrogen and oxygen atoms in total. The molecule has 2 rings (SSSR count). The molecule has 0 radical (unpaired) electrons. The maximum Gasteiger partial charge on any atom is 0.303 e. The standard InChI is InChI=1S/C16H18N2O3S/c1-18(9-5-8-15(19)20)16(21)13-11-22-14(17-13)10-12-6-3-2-4-7-12/h2-4,6-7,11H,5,8-10H2,1H3,(H,19,20). The number of carboxylic acid groups (broad SMARTS) is 1. The Balaban J connectivity index is 1.92. The third-order valence-electron chi connectivity index (χ3n) is 3.20. The Hall–Kier alpha value is -2.21. The molecule has 1 N–H and O–H groups in total. The van der Waals surface area contributed by atoms with Gasteiger partial charge >= 0.3 is 5.97 Å². The largest absolute Gasteiger partial charge is 0.481 e. The first-order valence-corrected chi connectivity index (χ1v) is 7.90. The Morgan fingerprint density at radius 3 is 2.68 bits per heavy atom. The van der Waals surface area contributed by atoms with Gasteiger partial charge in [-0.25, -0.2) is 4.98 Å². The van der Waals surface area contributed by atoms with Crippen molar-refractivity contribution in [1.29, 1.82) is 0 Å². The van der Waals surface area contributed by atoms with Crippen LogP contribution < -0.4 is 0 Å². The minimum atomic E-state index is -0.848. The summed E-state index contributed by atoms with van der Waals surface area (Å²) in [6.07, 6.45) is 1.22. The van der Waals surface area contributed by atoms with Crippen LogP contribution in [-0.4, -0.2) is 40.5 Å². The normalized spacial score (nSPS) is 10.4. The van der Waals surface area contributed by atoms with Crippen LogP contribution in [0.2, 0.25) is 0 Å². The first kappa shape index (κ1) is 16.2. The second-order valence-electron chi connectivity index (χ2n) is 5.01.